The Kier molecular flexibility index (Phi) is 5.39. The van der Waals surface area contributed by atoms with Crippen molar-refractivity contribution in [3.8, 4) is 0 Å². The van der Waals surface area contributed by atoms with E-state index in [0.717, 1.165) is 17.4 Å². The van der Waals surface area contributed by atoms with E-state index in [2.05, 4.69) is 10.0 Å². The van der Waals surface area contributed by atoms with Crippen LogP contribution in [-0.4, -0.2) is 20.6 Å². The molecule has 0 bridgehead atoms. The fourth-order valence-corrected chi connectivity index (χ4v) is 2.75. The number of benzene rings is 2. The highest BCUT2D eigenvalue weighted by Gasteiger charge is 2.08. The van der Waals surface area contributed by atoms with Crippen LogP contribution in [0.1, 0.15) is 17.5 Å². The van der Waals surface area contributed by atoms with E-state index in [1.165, 1.54) is 0 Å². The molecule has 6 heteroatoms. The Bertz CT molecular complexity index is 787. The molecule has 0 aromatic heterocycles. The lowest BCUT2D eigenvalue weighted by Crippen LogP contribution is -2.14. The molecule has 2 aromatic rings. The summed E-state index contributed by atoms with van der Waals surface area (Å²) in [6.45, 7) is 1.80. The number of carbonyl (C=O) groups is 1. The maximum absolute atomic E-state index is 12.0. The van der Waals surface area contributed by atoms with Crippen LogP contribution in [0.2, 0.25) is 0 Å². The van der Waals surface area contributed by atoms with Gasteiger partial charge in [-0.1, -0.05) is 36.4 Å². The Morgan fingerprint density at radius 2 is 1.78 bits per heavy atom. The van der Waals surface area contributed by atoms with E-state index >= 15 is 0 Å². The van der Waals surface area contributed by atoms with Gasteiger partial charge < -0.3 is 5.32 Å². The van der Waals surface area contributed by atoms with Crippen molar-refractivity contribution in [2.45, 2.75) is 19.8 Å². The van der Waals surface area contributed by atoms with E-state index < -0.39 is 10.0 Å². The van der Waals surface area contributed by atoms with E-state index in [4.69, 9.17) is 0 Å². The smallest absolute Gasteiger partial charge is 0.229 e. The lowest BCUT2D eigenvalue weighted by Gasteiger charge is -2.11. The molecule has 0 heterocycles. The molecule has 1 amide bonds. The van der Waals surface area contributed by atoms with Gasteiger partial charge in [-0.15, -0.1) is 0 Å². The number of carbonyl (C=O) groups excluding carboxylic acids is 1. The number of rotatable bonds is 6. The molecule has 2 N–H and O–H groups in total. The summed E-state index contributed by atoms with van der Waals surface area (Å²) in [5, 5.41) is 2.79. The van der Waals surface area contributed by atoms with Crippen molar-refractivity contribution < 1.29 is 13.2 Å². The number of hydrogen-bond acceptors (Lipinski definition) is 3. The average Bonchev–Trinajstić information content (AvgIpc) is 2.48. The molecule has 0 saturated heterocycles. The Labute approximate surface area is 136 Å². The molecule has 0 fully saturated rings. The van der Waals surface area contributed by atoms with Gasteiger partial charge in [-0.05, 0) is 36.6 Å². The molecule has 5 nitrogen and oxygen atoms in total. The summed E-state index contributed by atoms with van der Waals surface area (Å²) < 4.78 is 25.1. The fraction of sp³-hybridized carbons (Fsp3) is 0.235. The number of anilines is 2. The van der Waals surface area contributed by atoms with Crippen LogP contribution in [0.4, 0.5) is 11.4 Å². The lowest BCUT2D eigenvalue weighted by molar-refractivity contribution is -0.116. The maximum atomic E-state index is 12.0. The topological polar surface area (TPSA) is 75.3 Å². The van der Waals surface area contributed by atoms with Crippen molar-refractivity contribution in [3.05, 3.63) is 59.7 Å². The minimum Gasteiger partial charge on any atom is -0.326 e. The summed E-state index contributed by atoms with van der Waals surface area (Å²) in [5.74, 6) is -0.108. The van der Waals surface area contributed by atoms with Crippen LogP contribution in [-0.2, 0) is 21.2 Å². The van der Waals surface area contributed by atoms with Gasteiger partial charge in [-0.25, -0.2) is 8.42 Å². The zero-order chi connectivity index (χ0) is 16.9. The molecule has 2 aromatic carbocycles. The molecule has 0 aliphatic heterocycles. The molecular weight excluding hydrogens is 312 g/mol. The zero-order valence-corrected chi connectivity index (χ0v) is 14.0. The molecule has 0 unspecified atom stereocenters. The maximum Gasteiger partial charge on any atom is 0.229 e. The second-order valence-corrected chi connectivity index (χ2v) is 7.19. The SMILES string of the molecule is Cc1ccc(NC(=O)CCc2ccccc2)cc1NS(C)(=O)=O. The number of aryl methyl sites for hydroxylation is 2. The van der Waals surface area contributed by atoms with Gasteiger partial charge in [0.2, 0.25) is 15.9 Å². The average molecular weight is 332 g/mol. The van der Waals surface area contributed by atoms with E-state index in [0.29, 0.717) is 24.2 Å². The van der Waals surface area contributed by atoms with Crippen LogP contribution in [0, 0.1) is 6.92 Å². The Morgan fingerprint density at radius 1 is 1.09 bits per heavy atom. The first-order valence-corrected chi connectivity index (χ1v) is 9.15. The first-order chi connectivity index (χ1) is 10.8. The molecule has 23 heavy (non-hydrogen) atoms. The fourth-order valence-electron chi connectivity index (χ4n) is 2.14. The molecular formula is C17H20N2O3S. The van der Waals surface area contributed by atoms with Crippen LogP contribution >= 0.6 is 0 Å². The zero-order valence-electron chi connectivity index (χ0n) is 13.2. The summed E-state index contributed by atoms with van der Waals surface area (Å²) in [4.78, 5) is 12.0. The van der Waals surface area contributed by atoms with Gasteiger partial charge in [0.15, 0.2) is 0 Å². The largest absolute Gasteiger partial charge is 0.326 e. The van der Waals surface area contributed by atoms with Gasteiger partial charge >= 0.3 is 0 Å². The monoisotopic (exact) mass is 332 g/mol. The minimum atomic E-state index is -3.35. The quantitative estimate of drug-likeness (QED) is 0.854. The van der Waals surface area contributed by atoms with Gasteiger partial charge in [0.25, 0.3) is 0 Å². The summed E-state index contributed by atoms with van der Waals surface area (Å²) in [7, 11) is -3.35. The Balaban J connectivity index is 1.99. The minimum absolute atomic E-state index is 0.108. The summed E-state index contributed by atoms with van der Waals surface area (Å²) >= 11 is 0. The van der Waals surface area contributed by atoms with E-state index in [1.54, 1.807) is 25.1 Å². The van der Waals surface area contributed by atoms with Crippen molar-refractivity contribution in [2.24, 2.45) is 0 Å². The second-order valence-electron chi connectivity index (χ2n) is 5.44. The first-order valence-electron chi connectivity index (χ1n) is 7.26. The number of nitrogens with one attached hydrogen (secondary N) is 2. The van der Waals surface area contributed by atoms with Crippen LogP contribution in [0.5, 0.6) is 0 Å². The summed E-state index contributed by atoms with van der Waals surface area (Å²) in [5.41, 5.74) is 2.93. The third-order valence-electron chi connectivity index (χ3n) is 3.30. The highest BCUT2D eigenvalue weighted by atomic mass is 32.2. The van der Waals surface area contributed by atoms with Crippen molar-refractivity contribution in [1.29, 1.82) is 0 Å². The number of hydrogen-bond donors (Lipinski definition) is 2. The molecule has 0 saturated carbocycles. The molecule has 0 aliphatic rings. The van der Waals surface area contributed by atoms with E-state index in [9.17, 15) is 13.2 Å². The number of sulfonamides is 1. The molecule has 0 atom stereocenters. The molecule has 0 radical (unpaired) electrons. The highest BCUT2D eigenvalue weighted by molar-refractivity contribution is 7.92. The van der Waals surface area contributed by atoms with E-state index in [1.807, 2.05) is 30.3 Å². The van der Waals surface area contributed by atoms with Crippen molar-refractivity contribution in [3.63, 3.8) is 0 Å². The van der Waals surface area contributed by atoms with Crippen LogP contribution < -0.4 is 10.0 Å². The van der Waals surface area contributed by atoms with Crippen molar-refractivity contribution in [1.82, 2.24) is 0 Å². The third-order valence-corrected chi connectivity index (χ3v) is 3.89. The normalized spacial score (nSPS) is 11.0. The van der Waals surface area contributed by atoms with Crippen LogP contribution in [0.3, 0.4) is 0 Å². The third kappa shape index (κ3) is 5.75. The second kappa shape index (κ2) is 7.28. The van der Waals surface area contributed by atoms with Gasteiger partial charge in [-0.2, -0.15) is 0 Å². The van der Waals surface area contributed by atoms with Gasteiger partial charge in [-0.3, -0.25) is 9.52 Å². The van der Waals surface area contributed by atoms with E-state index in [-0.39, 0.29) is 5.91 Å². The van der Waals surface area contributed by atoms with Gasteiger partial charge in [0.1, 0.15) is 0 Å². The molecule has 0 aliphatic carbocycles. The van der Waals surface area contributed by atoms with Crippen LogP contribution in [0.25, 0.3) is 0 Å². The standard InChI is InChI=1S/C17H20N2O3S/c1-13-8-10-15(12-16(13)19-23(2,21)22)18-17(20)11-9-14-6-4-3-5-7-14/h3-8,10,12,19H,9,11H2,1-2H3,(H,18,20). The predicted molar refractivity (Wildman–Crippen MR) is 93.0 cm³/mol. The molecule has 122 valence electrons. The van der Waals surface area contributed by atoms with Crippen LogP contribution in [0.15, 0.2) is 48.5 Å². The summed E-state index contributed by atoms with van der Waals surface area (Å²) in [6, 6.07) is 14.9. The van der Waals surface area contributed by atoms with Gasteiger partial charge in [0.05, 0.1) is 11.9 Å². The highest BCUT2D eigenvalue weighted by Crippen LogP contribution is 2.21. The molecule has 0 spiro atoms. The van der Waals surface area contributed by atoms with Gasteiger partial charge in [0, 0.05) is 12.1 Å². The predicted octanol–water partition coefficient (Wildman–Crippen LogP) is 2.94. The Hall–Kier alpha value is -2.34. The van der Waals surface area contributed by atoms with Crippen molar-refractivity contribution >= 4 is 27.3 Å². The van der Waals surface area contributed by atoms with Crippen molar-refractivity contribution in [2.75, 3.05) is 16.3 Å². The Morgan fingerprint density at radius 3 is 2.43 bits per heavy atom. The lowest BCUT2D eigenvalue weighted by atomic mass is 10.1. The first kappa shape index (κ1) is 17.0. The number of amides is 1. The molecule has 2 rings (SSSR count). The summed E-state index contributed by atoms with van der Waals surface area (Å²) in [6.07, 6.45) is 2.12.